The number of pyridine rings is 1. The summed E-state index contributed by atoms with van der Waals surface area (Å²) >= 11 is 0. The zero-order chi connectivity index (χ0) is 10.3. The summed E-state index contributed by atoms with van der Waals surface area (Å²) in [5.74, 6) is 1.58. The van der Waals surface area contributed by atoms with Gasteiger partial charge in [0.25, 0.3) is 0 Å². The van der Waals surface area contributed by atoms with Gasteiger partial charge in [0.2, 0.25) is 0 Å². The number of rotatable bonds is 2. The van der Waals surface area contributed by atoms with Crippen LogP contribution in [-0.2, 0) is 0 Å². The van der Waals surface area contributed by atoms with Crippen LogP contribution >= 0.6 is 0 Å². The van der Waals surface area contributed by atoms with Gasteiger partial charge in [0.15, 0.2) is 0 Å². The Hall–Kier alpha value is -1.60. The lowest BCUT2D eigenvalue weighted by Gasteiger charge is -2.08. The molecule has 4 nitrogen and oxygen atoms in total. The Labute approximate surface area is 88.3 Å². The van der Waals surface area contributed by atoms with Gasteiger partial charge in [-0.2, -0.15) is 5.26 Å². The molecule has 1 aromatic rings. The van der Waals surface area contributed by atoms with Crippen molar-refractivity contribution in [3.63, 3.8) is 0 Å². The van der Waals surface area contributed by atoms with Gasteiger partial charge in [0, 0.05) is 19.1 Å². The minimum absolute atomic E-state index is 0.471. The number of hydrogen-bond acceptors (Lipinski definition) is 4. The van der Waals surface area contributed by atoms with E-state index in [0.29, 0.717) is 11.7 Å². The summed E-state index contributed by atoms with van der Waals surface area (Å²) in [6.07, 6.45) is 1.74. The van der Waals surface area contributed by atoms with Gasteiger partial charge in [-0.05, 0) is 24.0 Å². The number of anilines is 1. The van der Waals surface area contributed by atoms with Gasteiger partial charge in [-0.1, -0.05) is 0 Å². The molecule has 0 amide bonds. The second-order valence-electron chi connectivity index (χ2n) is 4.20. The van der Waals surface area contributed by atoms with Crippen LogP contribution in [0.15, 0.2) is 18.3 Å². The average molecular weight is 200 g/mol. The average Bonchev–Trinajstić information content (AvgIpc) is 2.75. The number of fused-ring (bicyclic) bond motifs is 1. The summed E-state index contributed by atoms with van der Waals surface area (Å²) in [5, 5.41) is 15.4. The number of hydrogen-bond donors (Lipinski definition) is 2. The summed E-state index contributed by atoms with van der Waals surface area (Å²) in [4.78, 5) is 4.03. The first-order chi connectivity index (χ1) is 7.38. The minimum atomic E-state index is 0.471. The number of aromatic nitrogens is 1. The van der Waals surface area contributed by atoms with Crippen LogP contribution in [0.2, 0.25) is 0 Å². The van der Waals surface area contributed by atoms with Crippen LogP contribution in [0, 0.1) is 23.2 Å². The Morgan fingerprint density at radius 3 is 2.80 bits per heavy atom. The maximum Gasteiger partial charge on any atom is 0.140 e. The van der Waals surface area contributed by atoms with Gasteiger partial charge < -0.3 is 10.6 Å². The third kappa shape index (κ3) is 1.45. The van der Waals surface area contributed by atoms with Crippen LogP contribution < -0.4 is 10.6 Å². The van der Waals surface area contributed by atoms with Crippen molar-refractivity contribution in [1.29, 1.82) is 5.26 Å². The molecule has 2 aliphatic rings. The number of nitriles is 1. The van der Waals surface area contributed by atoms with Crippen molar-refractivity contribution in [3.05, 3.63) is 24.0 Å². The topological polar surface area (TPSA) is 60.7 Å². The quantitative estimate of drug-likeness (QED) is 0.733. The summed E-state index contributed by atoms with van der Waals surface area (Å²) in [5.41, 5.74) is 1.49. The number of nitrogens with one attached hydrogen (secondary N) is 2. The van der Waals surface area contributed by atoms with Crippen molar-refractivity contribution in [1.82, 2.24) is 10.3 Å². The van der Waals surface area contributed by atoms with Crippen molar-refractivity contribution in [2.75, 3.05) is 18.4 Å². The van der Waals surface area contributed by atoms with E-state index in [4.69, 9.17) is 5.26 Å². The summed E-state index contributed by atoms with van der Waals surface area (Å²) in [7, 11) is 0. The molecule has 1 saturated heterocycles. The van der Waals surface area contributed by atoms with E-state index in [-0.39, 0.29) is 0 Å². The highest BCUT2D eigenvalue weighted by molar-refractivity contribution is 5.46. The molecule has 15 heavy (non-hydrogen) atoms. The molecular formula is C11H12N4. The van der Waals surface area contributed by atoms with E-state index in [0.717, 1.165) is 30.6 Å². The zero-order valence-corrected chi connectivity index (χ0v) is 8.27. The predicted molar refractivity (Wildman–Crippen MR) is 56.2 cm³/mol. The molecule has 76 valence electrons. The van der Waals surface area contributed by atoms with Crippen LogP contribution in [0.1, 0.15) is 5.69 Å². The highest BCUT2D eigenvalue weighted by atomic mass is 15.1. The Morgan fingerprint density at radius 2 is 2.20 bits per heavy atom. The molecule has 0 spiro atoms. The fourth-order valence-electron chi connectivity index (χ4n) is 2.37. The van der Waals surface area contributed by atoms with Gasteiger partial charge in [-0.15, -0.1) is 0 Å². The van der Waals surface area contributed by atoms with Crippen LogP contribution in [0.3, 0.4) is 0 Å². The second-order valence-corrected chi connectivity index (χ2v) is 4.20. The molecule has 1 aliphatic carbocycles. The van der Waals surface area contributed by atoms with Crippen LogP contribution in [0.25, 0.3) is 0 Å². The molecule has 1 aromatic heterocycles. The minimum Gasteiger partial charge on any atom is -0.380 e. The van der Waals surface area contributed by atoms with Crippen molar-refractivity contribution >= 4 is 5.69 Å². The molecule has 2 unspecified atom stereocenters. The van der Waals surface area contributed by atoms with Crippen molar-refractivity contribution in [2.45, 2.75) is 6.04 Å². The van der Waals surface area contributed by atoms with Crippen LogP contribution in [0.4, 0.5) is 5.69 Å². The fraction of sp³-hybridized carbons (Fsp3) is 0.455. The van der Waals surface area contributed by atoms with E-state index >= 15 is 0 Å². The molecule has 1 aliphatic heterocycles. The van der Waals surface area contributed by atoms with E-state index in [2.05, 4.69) is 15.6 Å². The predicted octanol–water partition coefficient (Wildman–Crippen LogP) is 0.583. The third-order valence-corrected chi connectivity index (χ3v) is 3.30. The Morgan fingerprint density at radius 1 is 1.40 bits per heavy atom. The number of nitrogens with zero attached hydrogens (tertiary/aromatic N) is 2. The summed E-state index contributed by atoms with van der Waals surface area (Å²) in [6, 6.07) is 6.30. The van der Waals surface area contributed by atoms with Gasteiger partial charge >= 0.3 is 0 Å². The molecule has 2 atom stereocenters. The molecule has 2 N–H and O–H groups in total. The lowest BCUT2D eigenvalue weighted by atomic mass is 10.3. The molecule has 2 heterocycles. The van der Waals surface area contributed by atoms with Gasteiger partial charge in [0.1, 0.15) is 11.8 Å². The first-order valence-corrected chi connectivity index (χ1v) is 5.22. The lowest BCUT2D eigenvalue weighted by molar-refractivity contribution is 0.697. The molecule has 3 rings (SSSR count). The largest absolute Gasteiger partial charge is 0.380 e. The lowest BCUT2D eigenvalue weighted by Crippen LogP contribution is -2.21. The van der Waals surface area contributed by atoms with Crippen molar-refractivity contribution in [3.8, 4) is 6.07 Å². The molecule has 0 aromatic carbocycles. The molecule has 1 saturated carbocycles. The SMILES string of the molecule is N#Cc1ccc(NC2C3CNCC32)cn1. The first-order valence-electron chi connectivity index (χ1n) is 5.22. The van der Waals surface area contributed by atoms with Gasteiger partial charge in [0.05, 0.1) is 11.9 Å². The van der Waals surface area contributed by atoms with Gasteiger partial charge in [-0.3, -0.25) is 0 Å². The normalized spacial score (nSPS) is 31.8. The molecular weight excluding hydrogens is 188 g/mol. The highest BCUT2D eigenvalue weighted by Crippen LogP contribution is 2.43. The standard InChI is InChI=1S/C11H12N4/c12-3-7-1-2-8(4-14-7)15-11-9-5-13-6-10(9)11/h1-2,4,9-11,13,15H,5-6H2. The van der Waals surface area contributed by atoms with Crippen molar-refractivity contribution in [2.24, 2.45) is 11.8 Å². The molecule has 2 fully saturated rings. The second kappa shape index (κ2) is 3.21. The van der Waals surface area contributed by atoms with Crippen molar-refractivity contribution < 1.29 is 0 Å². The maximum atomic E-state index is 8.61. The molecule has 4 heteroatoms. The third-order valence-electron chi connectivity index (χ3n) is 3.30. The number of piperidine rings is 1. The molecule has 0 bridgehead atoms. The fourth-order valence-corrected chi connectivity index (χ4v) is 2.37. The molecule has 0 radical (unpaired) electrons. The Balaban J connectivity index is 1.66. The maximum absolute atomic E-state index is 8.61. The van der Waals surface area contributed by atoms with E-state index in [1.54, 1.807) is 12.3 Å². The van der Waals surface area contributed by atoms with Crippen LogP contribution in [-0.4, -0.2) is 24.1 Å². The monoisotopic (exact) mass is 200 g/mol. The summed E-state index contributed by atoms with van der Waals surface area (Å²) < 4.78 is 0. The Kier molecular flexibility index (Phi) is 1.86. The first kappa shape index (κ1) is 8.69. The Bertz CT molecular complexity index is 396. The summed E-state index contributed by atoms with van der Waals surface area (Å²) in [6.45, 7) is 2.26. The highest BCUT2D eigenvalue weighted by Gasteiger charge is 2.52. The van der Waals surface area contributed by atoms with E-state index in [9.17, 15) is 0 Å². The zero-order valence-electron chi connectivity index (χ0n) is 8.27. The van der Waals surface area contributed by atoms with E-state index in [1.807, 2.05) is 12.1 Å². The van der Waals surface area contributed by atoms with Gasteiger partial charge in [-0.25, -0.2) is 4.98 Å². The van der Waals surface area contributed by atoms with E-state index in [1.165, 1.54) is 0 Å². The smallest absolute Gasteiger partial charge is 0.140 e. The van der Waals surface area contributed by atoms with Crippen LogP contribution in [0.5, 0.6) is 0 Å². The van der Waals surface area contributed by atoms with E-state index < -0.39 is 0 Å².